The standard InChI is InChI=1S/C16H21NO5/c1-10-7-13(21-2)14(22-3)8-12(10)15(18)17-6-4-5-11(9-17)16(19)20/h7-8,11H,4-6,9H2,1-3H3,(H,19,20)/t11-/m0/s1. The number of carboxylic acids is 1. The Labute approximate surface area is 129 Å². The van der Waals surface area contributed by atoms with E-state index in [0.717, 1.165) is 5.56 Å². The first-order valence-electron chi connectivity index (χ1n) is 7.22. The number of nitrogens with zero attached hydrogens (tertiary/aromatic N) is 1. The number of methoxy groups -OCH3 is 2. The Hall–Kier alpha value is -2.24. The zero-order valence-corrected chi connectivity index (χ0v) is 13.1. The Balaban J connectivity index is 2.27. The monoisotopic (exact) mass is 307 g/mol. The molecular weight excluding hydrogens is 286 g/mol. The molecule has 0 aliphatic carbocycles. The van der Waals surface area contributed by atoms with E-state index in [4.69, 9.17) is 14.6 Å². The highest BCUT2D eigenvalue weighted by molar-refractivity contribution is 5.96. The van der Waals surface area contributed by atoms with E-state index in [0.29, 0.717) is 36.4 Å². The number of piperidine rings is 1. The van der Waals surface area contributed by atoms with Gasteiger partial charge < -0.3 is 19.5 Å². The molecule has 1 aromatic rings. The molecule has 0 saturated carbocycles. The third-order valence-corrected chi connectivity index (χ3v) is 4.02. The number of benzene rings is 1. The number of rotatable bonds is 4. The molecule has 0 aromatic heterocycles. The molecule has 0 unspecified atom stereocenters. The molecule has 2 rings (SSSR count). The lowest BCUT2D eigenvalue weighted by atomic mass is 9.97. The van der Waals surface area contributed by atoms with Crippen LogP contribution in [0, 0.1) is 12.8 Å². The zero-order chi connectivity index (χ0) is 16.3. The van der Waals surface area contributed by atoms with E-state index < -0.39 is 11.9 Å². The van der Waals surface area contributed by atoms with Crippen LogP contribution in [0.4, 0.5) is 0 Å². The molecule has 1 saturated heterocycles. The van der Waals surface area contributed by atoms with Crippen molar-refractivity contribution in [1.29, 1.82) is 0 Å². The number of ether oxygens (including phenoxy) is 2. The quantitative estimate of drug-likeness (QED) is 0.920. The Morgan fingerprint density at radius 2 is 1.86 bits per heavy atom. The lowest BCUT2D eigenvalue weighted by Crippen LogP contribution is -2.42. The van der Waals surface area contributed by atoms with Crippen LogP contribution >= 0.6 is 0 Å². The molecule has 1 N–H and O–H groups in total. The molecule has 0 bridgehead atoms. The molecule has 1 atom stereocenters. The van der Waals surface area contributed by atoms with E-state index in [1.807, 2.05) is 6.92 Å². The van der Waals surface area contributed by atoms with Gasteiger partial charge in [0.25, 0.3) is 5.91 Å². The molecule has 22 heavy (non-hydrogen) atoms. The number of aryl methyl sites for hydroxylation is 1. The van der Waals surface area contributed by atoms with E-state index in [2.05, 4.69) is 0 Å². The summed E-state index contributed by atoms with van der Waals surface area (Å²) < 4.78 is 10.5. The van der Waals surface area contributed by atoms with Gasteiger partial charge in [-0.2, -0.15) is 0 Å². The maximum Gasteiger partial charge on any atom is 0.308 e. The molecule has 1 fully saturated rings. The van der Waals surface area contributed by atoms with Gasteiger partial charge in [0.15, 0.2) is 11.5 Å². The number of carbonyl (C=O) groups excluding carboxylic acids is 1. The van der Waals surface area contributed by atoms with Crippen molar-refractivity contribution in [2.45, 2.75) is 19.8 Å². The normalized spacial score (nSPS) is 18.0. The molecule has 0 radical (unpaired) electrons. The number of aliphatic carboxylic acids is 1. The van der Waals surface area contributed by atoms with Crippen LogP contribution in [0.3, 0.4) is 0 Å². The van der Waals surface area contributed by atoms with Gasteiger partial charge in [-0.05, 0) is 37.5 Å². The minimum absolute atomic E-state index is 0.163. The van der Waals surface area contributed by atoms with Gasteiger partial charge in [-0.1, -0.05) is 0 Å². The van der Waals surface area contributed by atoms with E-state index in [9.17, 15) is 9.59 Å². The summed E-state index contributed by atoms with van der Waals surface area (Å²) in [7, 11) is 3.06. The van der Waals surface area contributed by atoms with Gasteiger partial charge in [0, 0.05) is 18.7 Å². The van der Waals surface area contributed by atoms with Gasteiger partial charge in [-0.15, -0.1) is 0 Å². The van der Waals surface area contributed by atoms with E-state index in [-0.39, 0.29) is 12.5 Å². The molecule has 6 nitrogen and oxygen atoms in total. The predicted octanol–water partition coefficient (Wildman–Crippen LogP) is 1.95. The van der Waals surface area contributed by atoms with Crippen molar-refractivity contribution in [1.82, 2.24) is 4.90 Å². The van der Waals surface area contributed by atoms with Crippen molar-refractivity contribution in [3.63, 3.8) is 0 Å². The largest absolute Gasteiger partial charge is 0.493 e. The lowest BCUT2D eigenvalue weighted by Gasteiger charge is -2.31. The van der Waals surface area contributed by atoms with Crippen LogP contribution in [-0.4, -0.2) is 49.2 Å². The van der Waals surface area contributed by atoms with E-state index in [1.165, 1.54) is 7.11 Å². The zero-order valence-electron chi connectivity index (χ0n) is 13.1. The smallest absolute Gasteiger partial charge is 0.308 e. The Morgan fingerprint density at radius 3 is 2.45 bits per heavy atom. The fraction of sp³-hybridized carbons (Fsp3) is 0.500. The topological polar surface area (TPSA) is 76.1 Å². The van der Waals surface area contributed by atoms with Crippen molar-refractivity contribution in [2.75, 3.05) is 27.3 Å². The van der Waals surface area contributed by atoms with Crippen molar-refractivity contribution >= 4 is 11.9 Å². The maximum atomic E-state index is 12.7. The molecule has 0 spiro atoms. The average molecular weight is 307 g/mol. The van der Waals surface area contributed by atoms with Crippen LogP contribution in [0.2, 0.25) is 0 Å². The summed E-state index contributed by atoms with van der Waals surface area (Å²) in [6, 6.07) is 3.41. The summed E-state index contributed by atoms with van der Waals surface area (Å²) in [6.45, 7) is 2.66. The van der Waals surface area contributed by atoms with Gasteiger partial charge in [0.2, 0.25) is 0 Å². The van der Waals surface area contributed by atoms with Crippen molar-refractivity contribution < 1.29 is 24.2 Å². The van der Waals surface area contributed by atoms with Crippen molar-refractivity contribution in [2.24, 2.45) is 5.92 Å². The van der Waals surface area contributed by atoms with Crippen LogP contribution in [0.5, 0.6) is 11.5 Å². The first-order chi connectivity index (χ1) is 10.5. The fourth-order valence-electron chi connectivity index (χ4n) is 2.74. The molecule has 1 amide bonds. The molecule has 6 heteroatoms. The summed E-state index contributed by atoms with van der Waals surface area (Å²) in [6.07, 6.45) is 1.32. The first kappa shape index (κ1) is 16.1. The van der Waals surface area contributed by atoms with Gasteiger partial charge in [0.05, 0.1) is 20.1 Å². The van der Waals surface area contributed by atoms with Crippen molar-refractivity contribution in [3.8, 4) is 11.5 Å². The fourth-order valence-corrected chi connectivity index (χ4v) is 2.74. The number of amides is 1. The molecule has 1 aliphatic heterocycles. The number of hydrogen-bond donors (Lipinski definition) is 1. The van der Waals surface area contributed by atoms with Gasteiger partial charge in [-0.25, -0.2) is 0 Å². The summed E-state index contributed by atoms with van der Waals surface area (Å²) in [4.78, 5) is 25.4. The summed E-state index contributed by atoms with van der Waals surface area (Å²) in [5.74, 6) is -0.439. The third-order valence-electron chi connectivity index (χ3n) is 4.02. The number of likely N-dealkylation sites (tertiary alicyclic amines) is 1. The maximum absolute atomic E-state index is 12.7. The highest BCUT2D eigenvalue weighted by atomic mass is 16.5. The second kappa shape index (κ2) is 6.68. The molecule has 1 aliphatic rings. The number of carbonyl (C=O) groups is 2. The predicted molar refractivity (Wildman–Crippen MR) is 80.5 cm³/mol. The van der Waals surface area contributed by atoms with E-state index >= 15 is 0 Å². The van der Waals surface area contributed by atoms with Crippen LogP contribution in [0.15, 0.2) is 12.1 Å². The molecular formula is C16H21NO5. The molecule has 1 aromatic carbocycles. The Kier molecular flexibility index (Phi) is 4.90. The number of carboxylic acid groups (broad SMARTS) is 1. The van der Waals surface area contributed by atoms with Crippen molar-refractivity contribution in [3.05, 3.63) is 23.3 Å². The van der Waals surface area contributed by atoms with Gasteiger partial charge >= 0.3 is 5.97 Å². The minimum atomic E-state index is -0.846. The first-order valence-corrected chi connectivity index (χ1v) is 7.22. The minimum Gasteiger partial charge on any atom is -0.493 e. The number of hydrogen-bond acceptors (Lipinski definition) is 4. The van der Waals surface area contributed by atoms with Crippen LogP contribution < -0.4 is 9.47 Å². The molecule has 1 heterocycles. The van der Waals surface area contributed by atoms with Gasteiger partial charge in [0.1, 0.15) is 0 Å². The lowest BCUT2D eigenvalue weighted by molar-refractivity contribution is -0.143. The van der Waals surface area contributed by atoms with Crippen LogP contribution in [0.25, 0.3) is 0 Å². The summed E-state index contributed by atoms with van der Waals surface area (Å²) in [5.41, 5.74) is 1.30. The highest BCUT2D eigenvalue weighted by Gasteiger charge is 2.29. The van der Waals surface area contributed by atoms with Crippen LogP contribution in [-0.2, 0) is 4.79 Å². The Bertz CT molecular complexity index is 584. The van der Waals surface area contributed by atoms with Gasteiger partial charge in [-0.3, -0.25) is 9.59 Å². The van der Waals surface area contributed by atoms with E-state index in [1.54, 1.807) is 24.1 Å². The molecule has 120 valence electrons. The van der Waals surface area contributed by atoms with Crippen LogP contribution in [0.1, 0.15) is 28.8 Å². The highest BCUT2D eigenvalue weighted by Crippen LogP contribution is 2.31. The third kappa shape index (κ3) is 3.16. The summed E-state index contributed by atoms with van der Waals surface area (Å²) >= 11 is 0. The second-order valence-corrected chi connectivity index (χ2v) is 5.45. The second-order valence-electron chi connectivity index (χ2n) is 5.45. The average Bonchev–Trinajstić information content (AvgIpc) is 2.53. The Morgan fingerprint density at radius 1 is 1.23 bits per heavy atom. The summed E-state index contributed by atoms with van der Waals surface area (Å²) in [5, 5.41) is 9.14. The SMILES string of the molecule is COc1cc(C)c(C(=O)N2CCC[C@H](C(=O)O)C2)cc1OC.